The molecule has 1 amide bonds. The molecule has 6 rings (SSSR count). The maximum absolute atomic E-state index is 12.7. The van der Waals surface area contributed by atoms with Crippen molar-refractivity contribution >= 4 is 18.1 Å². The van der Waals surface area contributed by atoms with Crippen LogP contribution >= 0.6 is 0 Å². The van der Waals surface area contributed by atoms with Gasteiger partial charge in [-0.2, -0.15) is 0 Å². The molecule has 3 aromatic rings. The number of benzene rings is 1. The minimum absolute atomic E-state index is 0.0167. The van der Waals surface area contributed by atoms with Crippen molar-refractivity contribution in [1.29, 1.82) is 0 Å². The fourth-order valence-electron chi connectivity index (χ4n) is 4.67. The van der Waals surface area contributed by atoms with Crippen LogP contribution in [0.3, 0.4) is 0 Å². The molecule has 0 spiro atoms. The second-order valence-electron chi connectivity index (χ2n) is 8.66. The molecule has 4 heterocycles. The van der Waals surface area contributed by atoms with E-state index in [0.29, 0.717) is 42.9 Å². The van der Waals surface area contributed by atoms with E-state index in [1.807, 2.05) is 11.1 Å². The number of fused-ring (bicyclic) bond motifs is 1. The van der Waals surface area contributed by atoms with Crippen LogP contribution < -0.4 is 5.32 Å². The number of nitrogens with one attached hydrogen (secondary N) is 1. The average Bonchev–Trinajstić information content (AvgIpc) is 3.58. The van der Waals surface area contributed by atoms with Crippen LogP contribution in [0.4, 0.5) is 5.95 Å². The predicted molar refractivity (Wildman–Crippen MR) is 122 cm³/mol. The van der Waals surface area contributed by atoms with Crippen LogP contribution in [0.5, 0.6) is 0 Å². The summed E-state index contributed by atoms with van der Waals surface area (Å²) in [6.07, 6.45) is 8.11. The van der Waals surface area contributed by atoms with E-state index in [1.165, 1.54) is 22.3 Å². The number of amides is 1. The molecule has 2 aliphatic heterocycles. The third-order valence-corrected chi connectivity index (χ3v) is 6.42. The van der Waals surface area contributed by atoms with Crippen LogP contribution in [0.25, 0.3) is 11.5 Å². The van der Waals surface area contributed by atoms with Gasteiger partial charge in [-0.1, -0.05) is 24.3 Å². The van der Waals surface area contributed by atoms with Gasteiger partial charge in [0.1, 0.15) is 6.42 Å². The lowest BCUT2D eigenvalue weighted by Gasteiger charge is -2.27. The Hall–Kier alpha value is -3.88. The molecule has 1 aromatic carbocycles. The first kappa shape index (κ1) is 19.8. The third kappa shape index (κ3) is 4.02. The first-order valence-corrected chi connectivity index (χ1v) is 11.2. The Balaban J connectivity index is 1.06. The van der Waals surface area contributed by atoms with Crippen molar-refractivity contribution in [2.24, 2.45) is 4.99 Å². The summed E-state index contributed by atoms with van der Waals surface area (Å²) in [5.41, 5.74) is 5.87. The lowest BCUT2D eigenvalue weighted by molar-refractivity contribution is -0.130. The zero-order chi connectivity index (χ0) is 22.2. The molecule has 1 aliphatic carbocycles. The zero-order valence-electron chi connectivity index (χ0n) is 18.1. The Labute approximate surface area is 190 Å². The standard InChI is InChI=1S/C24H23N7O2/c32-22(31-6-5-17-10-25-11-19(17)14-31)9-21-29-30-23(33-21)18-12-26-24(27-13-18)28-20-7-15-3-1-2-4-16(15)8-20/h1-4,10,12-13,20H,5-9,11,14H2,(H,26,27,28). The molecule has 2 aromatic heterocycles. The maximum atomic E-state index is 12.7. The molecule has 9 heteroatoms. The highest BCUT2D eigenvalue weighted by Gasteiger charge is 2.25. The van der Waals surface area contributed by atoms with Gasteiger partial charge in [-0.15, -0.1) is 10.2 Å². The van der Waals surface area contributed by atoms with Gasteiger partial charge in [0, 0.05) is 37.7 Å². The summed E-state index contributed by atoms with van der Waals surface area (Å²) >= 11 is 0. The summed E-state index contributed by atoms with van der Waals surface area (Å²) in [5, 5.41) is 11.5. The van der Waals surface area contributed by atoms with Gasteiger partial charge < -0.3 is 14.6 Å². The van der Waals surface area contributed by atoms with Crippen molar-refractivity contribution in [3.8, 4) is 11.5 Å². The summed E-state index contributed by atoms with van der Waals surface area (Å²) in [6, 6.07) is 8.77. The van der Waals surface area contributed by atoms with E-state index >= 15 is 0 Å². The molecule has 0 bridgehead atoms. The maximum Gasteiger partial charge on any atom is 0.250 e. The lowest BCUT2D eigenvalue weighted by Crippen LogP contribution is -2.38. The molecule has 33 heavy (non-hydrogen) atoms. The number of aromatic nitrogens is 4. The lowest BCUT2D eigenvalue weighted by atomic mass is 10.0. The molecule has 166 valence electrons. The van der Waals surface area contributed by atoms with E-state index in [-0.39, 0.29) is 18.4 Å². The van der Waals surface area contributed by atoms with E-state index in [9.17, 15) is 4.79 Å². The Morgan fingerprint density at radius 3 is 2.70 bits per heavy atom. The highest BCUT2D eigenvalue weighted by Crippen LogP contribution is 2.25. The summed E-state index contributed by atoms with van der Waals surface area (Å²) in [6.45, 7) is 2.02. The van der Waals surface area contributed by atoms with Crippen LogP contribution in [-0.4, -0.2) is 62.9 Å². The van der Waals surface area contributed by atoms with E-state index in [0.717, 1.165) is 19.3 Å². The molecule has 1 N–H and O–H groups in total. The Morgan fingerprint density at radius 2 is 1.91 bits per heavy atom. The monoisotopic (exact) mass is 441 g/mol. The van der Waals surface area contributed by atoms with Crippen LogP contribution in [0.2, 0.25) is 0 Å². The number of carbonyl (C=O) groups excluding carboxylic acids is 1. The number of nitrogens with zero attached hydrogens (tertiary/aromatic N) is 6. The van der Waals surface area contributed by atoms with Gasteiger partial charge in [0.25, 0.3) is 5.89 Å². The van der Waals surface area contributed by atoms with Crippen LogP contribution in [-0.2, 0) is 24.1 Å². The van der Waals surface area contributed by atoms with Gasteiger partial charge in [0.2, 0.25) is 17.7 Å². The van der Waals surface area contributed by atoms with Crippen molar-refractivity contribution in [3.63, 3.8) is 0 Å². The number of hydrogen-bond donors (Lipinski definition) is 1. The minimum atomic E-state index is -0.0167. The smallest absolute Gasteiger partial charge is 0.250 e. The largest absolute Gasteiger partial charge is 0.420 e. The minimum Gasteiger partial charge on any atom is -0.420 e. The van der Waals surface area contributed by atoms with Gasteiger partial charge in [0.05, 0.1) is 12.1 Å². The number of anilines is 1. The highest BCUT2D eigenvalue weighted by atomic mass is 16.4. The molecule has 0 atom stereocenters. The molecule has 3 aliphatic rings. The molecule has 0 radical (unpaired) electrons. The molecule has 9 nitrogen and oxygen atoms in total. The summed E-state index contributed by atoms with van der Waals surface area (Å²) in [4.78, 5) is 27.7. The van der Waals surface area contributed by atoms with Gasteiger partial charge in [0.15, 0.2) is 0 Å². The first-order chi connectivity index (χ1) is 16.2. The van der Waals surface area contributed by atoms with Crippen molar-refractivity contribution < 1.29 is 9.21 Å². The van der Waals surface area contributed by atoms with Crippen LogP contribution in [0.1, 0.15) is 23.4 Å². The first-order valence-electron chi connectivity index (χ1n) is 11.2. The molecule has 0 saturated heterocycles. The summed E-state index contributed by atoms with van der Waals surface area (Å²) in [5.74, 6) is 1.16. The quantitative estimate of drug-likeness (QED) is 0.647. The summed E-state index contributed by atoms with van der Waals surface area (Å²) in [7, 11) is 0. The predicted octanol–water partition coefficient (Wildman–Crippen LogP) is 2.26. The van der Waals surface area contributed by atoms with Crippen molar-refractivity contribution in [1.82, 2.24) is 25.1 Å². The summed E-state index contributed by atoms with van der Waals surface area (Å²) < 4.78 is 5.73. The van der Waals surface area contributed by atoms with Crippen LogP contribution in [0.15, 0.2) is 57.2 Å². The molecule has 0 saturated carbocycles. The Morgan fingerprint density at radius 1 is 1.12 bits per heavy atom. The van der Waals surface area contributed by atoms with E-state index in [4.69, 9.17) is 4.42 Å². The van der Waals surface area contributed by atoms with Gasteiger partial charge >= 0.3 is 0 Å². The topological polar surface area (TPSA) is 109 Å². The van der Waals surface area contributed by atoms with Crippen molar-refractivity contribution in [3.05, 3.63) is 64.8 Å². The van der Waals surface area contributed by atoms with E-state index in [2.05, 4.69) is 54.7 Å². The molecular weight excluding hydrogens is 418 g/mol. The number of rotatable bonds is 5. The normalized spacial score (nSPS) is 17.4. The third-order valence-electron chi connectivity index (χ3n) is 6.42. The van der Waals surface area contributed by atoms with E-state index < -0.39 is 0 Å². The Kier molecular flexibility index (Phi) is 4.93. The fourth-order valence-corrected chi connectivity index (χ4v) is 4.67. The molecule has 0 fully saturated rings. The van der Waals surface area contributed by atoms with Crippen molar-refractivity contribution in [2.75, 3.05) is 25.0 Å². The average molecular weight is 441 g/mol. The fraction of sp³-hybridized carbons (Fsp3) is 0.333. The SMILES string of the molecule is O=C(Cc1nnc(-c2cnc(NC3Cc4ccccc4C3)nc2)o1)N1CCC2=C(CN=C2)C1. The van der Waals surface area contributed by atoms with Gasteiger partial charge in [-0.3, -0.25) is 9.79 Å². The zero-order valence-corrected chi connectivity index (χ0v) is 18.1. The molecule has 0 unspecified atom stereocenters. The second-order valence-corrected chi connectivity index (χ2v) is 8.66. The highest BCUT2D eigenvalue weighted by molar-refractivity contribution is 5.85. The number of aliphatic imine (C=N–C) groups is 1. The Bertz CT molecular complexity index is 1240. The number of carbonyl (C=O) groups is 1. The van der Waals surface area contributed by atoms with E-state index in [1.54, 1.807) is 12.4 Å². The second kappa shape index (κ2) is 8.23. The molecular formula is C24H23N7O2. The van der Waals surface area contributed by atoms with Crippen LogP contribution in [0, 0.1) is 0 Å². The number of hydrogen-bond acceptors (Lipinski definition) is 8. The van der Waals surface area contributed by atoms with Crippen molar-refractivity contribution in [2.45, 2.75) is 31.7 Å². The van der Waals surface area contributed by atoms with Gasteiger partial charge in [-0.05, 0) is 41.5 Å². The van der Waals surface area contributed by atoms with Gasteiger partial charge in [-0.25, -0.2) is 9.97 Å².